The fourth-order valence-electron chi connectivity index (χ4n) is 2.98. The molecule has 20 heavy (non-hydrogen) atoms. The molecule has 108 valence electrons. The van der Waals surface area contributed by atoms with Gasteiger partial charge in [-0.3, -0.25) is 4.79 Å². The largest absolute Gasteiger partial charge is 0.359 e. The minimum Gasteiger partial charge on any atom is -0.359 e. The van der Waals surface area contributed by atoms with Gasteiger partial charge in [0.1, 0.15) is 6.04 Å². The summed E-state index contributed by atoms with van der Waals surface area (Å²) in [5, 5.41) is 6.36. The van der Waals surface area contributed by atoms with Crippen LogP contribution in [0.2, 0.25) is 0 Å². The van der Waals surface area contributed by atoms with E-state index >= 15 is 0 Å². The van der Waals surface area contributed by atoms with Crippen LogP contribution < -0.4 is 15.5 Å². The van der Waals surface area contributed by atoms with Gasteiger partial charge in [-0.25, -0.2) is 0 Å². The van der Waals surface area contributed by atoms with Crippen LogP contribution in [0.3, 0.4) is 0 Å². The van der Waals surface area contributed by atoms with Crippen LogP contribution >= 0.6 is 0 Å². The van der Waals surface area contributed by atoms with Crippen molar-refractivity contribution in [2.24, 2.45) is 0 Å². The van der Waals surface area contributed by atoms with Crippen molar-refractivity contribution in [3.63, 3.8) is 0 Å². The summed E-state index contributed by atoms with van der Waals surface area (Å²) in [5.41, 5.74) is 2.52. The minimum atomic E-state index is -0.0120. The van der Waals surface area contributed by atoms with Crippen molar-refractivity contribution in [2.75, 3.05) is 18.5 Å². The first kappa shape index (κ1) is 13.4. The molecule has 1 aromatic carbocycles. The molecule has 4 heteroatoms. The first-order valence-corrected chi connectivity index (χ1v) is 7.59. The Morgan fingerprint density at radius 1 is 1.30 bits per heavy atom. The molecular weight excluding hydrogens is 250 g/mol. The summed E-state index contributed by atoms with van der Waals surface area (Å²) in [5.74, 6) is 0.132. The lowest BCUT2D eigenvalue weighted by Crippen LogP contribution is -2.42. The number of hydrogen-bond donors (Lipinski definition) is 2. The fraction of sp³-hybridized carbons (Fsp3) is 0.562. The molecule has 0 spiro atoms. The first-order chi connectivity index (χ1) is 9.79. The standard InChI is InChI=1S/C16H23N3O/c1-17-16(20)15-7-4-10-19(15)14-6-3-2-5-12(14)11-18-13-8-9-13/h2-3,5-6,13,15,18H,4,7-11H2,1H3,(H,17,20). The molecule has 2 N–H and O–H groups in total. The Bertz CT molecular complexity index is 484. The molecule has 1 aliphatic heterocycles. The number of benzene rings is 1. The smallest absolute Gasteiger partial charge is 0.242 e. The van der Waals surface area contributed by atoms with Crippen LogP contribution in [0.25, 0.3) is 0 Å². The van der Waals surface area contributed by atoms with Gasteiger partial charge in [-0.2, -0.15) is 0 Å². The summed E-state index contributed by atoms with van der Waals surface area (Å²) in [7, 11) is 1.72. The number of rotatable bonds is 5. The molecule has 0 bridgehead atoms. The number of nitrogens with one attached hydrogen (secondary N) is 2. The van der Waals surface area contributed by atoms with Gasteiger partial charge in [0.15, 0.2) is 0 Å². The number of amides is 1. The highest BCUT2D eigenvalue weighted by Crippen LogP contribution is 2.29. The highest BCUT2D eigenvalue weighted by Gasteiger charge is 2.31. The van der Waals surface area contributed by atoms with Gasteiger partial charge in [0, 0.05) is 31.9 Å². The number of para-hydroxylation sites is 1. The molecule has 3 rings (SSSR count). The van der Waals surface area contributed by atoms with Crippen molar-refractivity contribution in [1.29, 1.82) is 0 Å². The quantitative estimate of drug-likeness (QED) is 0.857. The van der Waals surface area contributed by atoms with E-state index in [4.69, 9.17) is 0 Å². The van der Waals surface area contributed by atoms with E-state index in [1.165, 1.54) is 24.1 Å². The number of carbonyl (C=O) groups excluding carboxylic acids is 1. The summed E-state index contributed by atoms with van der Waals surface area (Å²) in [6.07, 6.45) is 4.63. The Morgan fingerprint density at radius 3 is 2.85 bits per heavy atom. The van der Waals surface area contributed by atoms with Crippen molar-refractivity contribution >= 4 is 11.6 Å². The average molecular weight is 273 g/mol. The van der Waals surface area contributed by atoms with E-state index in [0.717, 1.165) is 25.9 Å². The van der Waals surface area contributed by atoms with Crippen LogP contribution in [0.5, 0.6) is 0 Å². The average Bonchev–Trinajstić information content (AvgIpc) is 3.19. The molecule has 2 fully saturated rings. The fourth-order valence-corrected chi connectivity index (χ4v) is 2.98. The maximum atomic E-state index is 12.0. The van der Waals surface area contributed by atoms with Gasteiger partial charge >= 0.3 is 0 Å². The molecule has 1 atom stereocenters. The van der Waals surface area contributed by atoms with E-state index in [1.54, 1.807) is 7.05 Å². The maximum Gasteiger partial charge on any atom is 0.242 e. The predicted molar refractivity (Wildman–Crippen MR) is 80.7 cm³/mol. The topological polar surface area (TPSA) is 44.4 Å². The lowest BCUT2D eigenvalue weighted by molar-refractivity contribution is -0.121. The van der Waals surface area contributed by atoms with Gasteiger partial charge < -0.3 is 15.5 Å². The summed E-state index contributed by atoms with van der Waals surface area (Å²) in [4.78, 5) is 14.3. The van der Waals surface area contributed by atoms with E-state index in [2.05, 4.69) is 39.8 Å². The van der Waals surface area contributed by atoms with Crippen molar-refractivity contribution < 1.29 is 4.79 Å². The molecule has 0 radical (unpaired) electrons. The molecule has 1 saturated heterocycles. The Balaban J connectivity index is 1.78. The normalized spacial score (nSPS) is 22.1. The Labute approximate surface area is 120 Å². The zero-order valence-electron chi connectivity index (χ0n) is 12.1. The van der Waals surface area contributed by atoms with Crippen LogP contribution in [0, 0.1) is 0 Å². The van der Waals surface area contributed by atoms with Gasteiger partial charge in [0.25, 0.3) is 0 Å². The highest BCUT2D eigenvalue weighted by molar-refractivity contribution is 5.86. The third kappa shape index (κ3) is 2.80. The van der Waals surface area contributed by atoms with Crippen molar-refractivity contribution in [3.8, 4) is 0 Å². The number of carbonyl (C=O) groups is 1. The van der Waals surface area contributed by atoms with Gasteiger partial charge in [0.05, 0.1) is 0 Å². The van der Waals surface area contributed by atoms with Gasteiger partial charge in [-0.05, 0) is 37.3 Å². The molecule has 1 unspecified atom stereocenters. The maximum absolute atomic E-state index is 12.0. The van der Waals surface area contributed by atoms with Crippen LogP contribution in [-0.2, 0) is 11.3 Å². The summed E-state index contributed by atoms with van der Waals surface area (Å²) < 4.78 is 0. The third-order valence-electron chi connectivity index (χ3n) is 4.26. The zero-order chi connectivity index (χ0) is 13.9. The molecule has 1 heterocycles. The molecule has 0 aromatic heterocycles. The van der Waals surface area contributed by atoms with Crippen molar-refractivity contribution in [2.45, 2.75) is 44.3 Å². The lowest BCUT2D eigenvalue weighted by atomic mass is 10.1. The van der Waals surface area contributed by atoms with E-state index in [9.17, 15) is 4.79 Å². The lowest BCUT2D eigenvalue weighted by Gasteiger charge is -2.27. The van der Waals surface area contributed by atoms with Crippen LogP contribution in [-0.4, -0.2) is 31.6 Å². The number of anilines is 1. The van der Waals surface area contributed by atoms with E-state index in [0.29, 0.717) is 6.04 Å². The highest BCUT2D eigenvalue weighted by atomic mass is 16.2. The van der Waals surface area contributed by atoms with E-state index < -0.39 is 0 Å². The predicted octanol–water partition coefficient (Wildman–Crippen LogP) is 1.65. The minimum absolute atomic E-state index is 0.0120. The third-order valence-corrected chi connectivity index (χ3v) is 4.26. The van der Waals surface area contributed by atoms with E-state index in [-0.39, 0.29) is 11.9 Å². The van der Waals surface area contributed by atoms with Crippen LogP contribution in [0.1, 0.15) is 31.2 Å². The van der Waals surface area contributed by atoms with Gasteiger partial charge in [-0.1, -0.05) is 18.2 Å². The monoisotopic (exact) mass is 273 g/mol. The van der Waals surface area contributed by atoms with Crippen LogP contribution in [0.4, 0.5) is 5.69 Å². The van der Waals surface area contributed by atoms with Gasteiger partial charge in [-0.15, -0.1) is 0 Å². The molecule has 1 aliphatic carbocycles. The number of hydrogen-bond acceptors (Lipinski definition) is 3. The molecule has 1 amide bonds. The Hall–Kier alpha value is -1.55. The molecule has 1 saturated carbocycles. The van der Waals surface area contributed by atoms with E-state index in [1.807, 2.05) is 0 Å². The summed E-state index contributed by atoms with van der Waals surface area (Å²) in [6, 6.07) is 9.15. The molecule has 4 nitrogen and oxygen atoms in total. The molecule has 2 aliphatic rings. The SMILES string of the molecule is CNC(=O)C1CCCN1c1ccccc1CNC1CC1. The second-order valence-electron chi connectivity index (χ2n) is 5.75. The Morgan fingerprint density at radius 2 is 2.10 bits per heavy atom. The molecule has 1 aromatic rings. The number of likely N-dealkylation sites (N-methyl/N-ethyl adjacent to an activating group) is 1. The first-order valence-electron chi connectivity index (χ1n) is 7.59. The Kier molecular flexibility index (Phi) is 3.92. The second-order valence-corrected chi connectivity index (χ2v) is 5.75. The van der Waals surface area contributed by atoms with Gasteiger partial charge in [0.2, 0.25) is 5.91 Å². The summed E-state index contributed by atoms with van der Waals surface area (Å²) >= 11 is 0. The summed E-state index contributed by atoms with van der Waals surface area (Å²) in [6.45, 7) is 1.87. The number of nitrogens with zero attached hydrogens (tertiary/aromatic N) is 1. The van der Waals surface area contributed by atoms with Crippen molar-refractivity contribution in [3.05, 3.63) is 29.8 Å². The second kappa shape index (κ2) is 5.83. The van der Waals surface area contributed by atoms with Crippen molar-refractivity contribution in [1.82, 2.24) is 10.6 Å². The zero-order valence-corrected chi connectivity index (χ0v) is 12.1. The molecular formula is C16H23N3O. The van der Waals surface area contributed by atoms with Crippen LogP contribution in [0.15, 0.2) is 24.3 Å².